The molecule has 0 N–H and O–H groups in total. The second-order valence-corrected chi connectivity index (χ2v) is 6.38. The van der Waals surface area contributed by atoms with Crippen LogP contribution in [-0.4, -0.2) is 43.5 Å². The molecule has 1 saturated carbocycles. The van der Waals surface area contributed by atoms with Crippen molar-refractivity contribution in [1.29, 1.82) is 0 Å². The zero-order valence-electron chi connectivity index (χ0n) is 12.1. The zero-order chi connectivity index (χ0) is 13.2. The molecule has 1 saturated heterocycles. The van der Waals surface area contributed by atoms with E-state index in [1.165, 1.54) is 12.8 Å². The van der Waals surface area contributed by atoms with E-state index < -0.39 is 0 Å². The first-order valence-electron chi connectivity index (χ1n) is 7.36. The molecule has 1 aliphatic carbocycles. The molecule has 3 heteroatoms. The van der Waals surface area contributed by atoms with E-state index in [9.17, 15) is 4.79 Å². The van der Waals surface area contributed by atoms with Crippen molar-refractivity contribution < 1.29 is 9.53 Å². The van der Waals surface area contributed by atoms with Gasteiger partial charge in [-0.2, -0.15) is 0 Å². The summed E-state index contributed by atoms with van der Waals surface area (Å²) < 4.78 is 5.39. The molecule has 2 rings (SSSR count). The molecule has 0 amide bonds. The molecule has 18 heavy (non-hydrogen) atoms. The number of hydrogen-bond donors (Lipinski definition) is 0. The predicted octanol–water partition coefficient (Wildman–Crippen LogP) is 2.49. The van der Waals surface area contributed by atoms with Crippen LogP contribution in [0.3, 0.4) is 0 Å². The Morgan fingerprint density at radius 2 is 1.89 bits per heavy atom. The SMILES string of the molecule is CC1CCCC(C(=O)C2CCOCC2)(N(C)C)C1. The van der Waals surface area contributed by atoms with Crippen LogP contribution < -0.4 is 0 Å². The Balaban J connectivity index is 2.15. The summed E-state index contributed by atoms with van der Waals surface area (Å²) in [5, 5.41) is 0. The van der Waals surface area contributed by atoms with Crippen LogP contribution in [0.4, 0.5) is 0 Å². The Kier molecular flexibility index (Phi) is 4.44. The normalized spacial score (nSPS) is 34.8. The summed E-state index contributed by atoms with van der Waals surface area (Å²) in [5.74, 6) is 1.39. The van der Waals surface area contributed by atoms with Crippen LogP contribution in [0, 0.1) is 11.8 Å². The number of ether oxygens (including phenoxy) is 1. The van der Waals surface area contributed by atoms with Gasteiger partial charge in [0.1, 0.15) is 0 Å². The Bertz CT molecular complexity index is 297. The largest absolute Gasteiger partial charge is 0.381 e. The third-order valence-corrected chi connectivity index (χ3v) is 4.88. The summed E-state index contributed by atoms with van der Waals surface area (Å²) in [6, 6.07) is 0. The maximum Gasteiger partial charge on any atom is 0.156 e. The molecule has 0 aromatic heterocycles. The van der Waals surface area contributed by atoms with E-state index >= 15 is 0 Å². The molecule has 2 unspecified atom stereocenters. The molecule has 0 aromatic rings. The van der Waals surface area contributed by atoms with E-state index in [2.05, 4.69) is 25.9 Å². The molecule has 0 spiro atoms. The average Bonchev–Trinajstić information content (AvgIpc) is 2.38. The van der Waals surface area contributed by atoms with Gasteiger partial charge in [-0.3, -0.25) is 9.69 Å². The summed E-state index contributed by atoms with van der Waals surface area (Å²) in [4.78, 5) is 15.2. The molecule has 0 bridgehead atoms. The van der Waals surface area contributed by atoms with Crippen LogP contribution >= 0.6 is 0 Å². The van der Waals surface area contributed by atoms with Gasteiger partial charge in [-0.05, 0) is 45.7 Å². The summed E-state index contributed by atoms with van der Waals surface area (Å²) in [5.41, 5.74) is -0.195. The maximum atomic E-state index is 13.0. The standard InChI is InChI=1S/C15H27NO2/c1-12-5-4-8-15(11-12,16(2)3)14(17)13-6-9-18-10-7-13/h12-13H,4-11H2,1-3H3. The molecule has 104 valence electrons. The molecule has 0 radical (unpaired) electrons. The van der Waals surface area contributed by atoms with Crippen molar-refractivity contribution in [3.8, 4) is 0 Å². The highest BCUT2D eigenvalue weighted by Gasteiger charge is 2.46. The van der Waals surface area contributed by atoms with Crippen molar-refractivity contribution in [1.82, 2.24) is 4.90 Å². The Hall–Kier alpha value is -0.410. The van der Waals surface area contributed by atoms with Gasteiger partial charge in [0.2, 0.25) is 0 Å². The van der Waals surface area contributed by atoms with Gasteiger partial charge in [0, 0.05) is 19.1 Å². The predicted molar refractivity (Wildman–Crippen MR) is 72.6 cm³/mol. The van der Waals surface area contributed by atoms with Gasteiger partial charge in [0.25, 0.3) is 0 Å². The highest BCUT2D eigenvalue weighted by atomic mass is 16.5. The molecular formula is C15H27NO2. The Morgan fingerprint density at radius 1 is 1.22 bits per heavy atom. The fourth-order valence-electron chi connectivity index (χ4n) is 3.71. The van der Waals surface area contributed by atoms with Crippen molar-refractivity contribution in [2.45, 2.75) is 51.0 Å². The van der Waals surface area contributed by atoms with Crippen LogP contribution in [0.15, 0.2) is 0 Å². The van der Waals surface area contributed by atoms with Crippen LogP contribution in [0.2, 0.25) is 0 Å². The number of ketones is 1. The molecule has 2 atom stereocenters. The second kappa shape index (κ2) is 5.70. The number of carbonyl (C=O) groups excluding carboxylic acids is 1. The lowest BCUT2D eigenvalue weighted by Crippen LogP contribution is -2.56. The first-order chi connectivity index (χ1) is 8.56. The number of nitrogens with zero attached hydrogens (tertiary/aromatic N) is 1. The van der Waals surface area contributed by atoms with Crippen LogP contribution in [0.25, 0.3) is 0 Å². The molecule has 2 fully saturated rings. The van der Waals surface area contributed by atoms with Crippen molar-refractivity contribution in [2.75, 3.05) is 27.3 Å². The lowest BCUT2D eigenvalue weighted by Gasteiger charge is -2.46. The van der Waals surface area contributed by atoms with Crippen molar-refractivity contribution in [3.05, 3.63) is 0 Å². The third kappa shape index (κ3) is 2.62. The minimum Gasteiger partial charge on any atom is -0.381 e. The van der Waals surface area contributed by atoms with Crippen LogP contribution in [-0.2, 0) is 9.53 Å². The maximum absolute atomic E-state index is 13.0. The lowest BCUT2D eigenvalue weighted by molar-refractivity contribution is -0.140. The van der Waals surface area contributed by atoms with E-state index in [4.69, 9.17) is 4.74 Å². The van der Waals surface area contributed by atoms with Gasteiger partial charge in [-0.25, -0.2) is 0 Å². The highest BCUT2D eigenvalue weighted by Crippen LogP contribution is 2.39. The molecule has 1 heterocycles. The minimum absolute atomic E-state index is 0.195. The zero-order valence-corrected chi connectivity index (χ0v) is 12.1. The highest BCUT2D eigenvalue weighted by molar-refractivity contribution is 5.90. The topological polar surface area (TPSA) is 29.5 Å². The average molecular weight is 253 g/mol. The van der Waals surface area contributed by atoms with Gasteiger partial charge in [0.05, 0.1) is 5.54 Å². The lowest BCUT2D eigenvalue weighted by atomic mass is 9.69. The van der Waals surface area contributed by atoms with E-state index in [0.29, 0.717) is 11.7 Å². The molecule has 1 aliphatic heterocycles. The van der Waals surface area contributed by atoms with Gasteiger partial charge in [0.15, 0.2) is 5.78 Å². The third-order valence-electron chi connectivity index (χ3n) is 4.88. The summed E-state index contributed by atoms with van der Waals surface area (Å²) in [7, 11) is 4.16. The van der Waals surface area contributed by atoms with Crippen LogP contribution in [0.5, 0.6) is 0 Å². The number of carbonyl (C=O) groups is 1. The van der Waals surface area contributed by atoms with Crippen molar-refractivity contribution >= 4 is 5.78 Å². The van der Waals surface area contributed by atoms with E-state index in [1.807, 2.05) is 0 Å². The van der Waals surface area contributed by atoms with Crippen LogP contribution in [0.1, 0.15) is 45.4 Å². The quantitative estimate of drug-likeness (QED) is 0.774. The summed E-state index contributed by atoms with van der Waals surface area (Å²) in [6.45, 7) is 3.81. The summed E-state index contributed by atoms with van der Waals surface area (Å²) >= 11 is 0. The Labute approximate surface area is 111 Å². The molecule has 3 nitrogen and oxygen atoms in total. The monoisotopic (exact) mass is 253 g/mol. The van der Waals surface area contributed by atoms with E-state index in [0.717, 1.165) is 38.9 Å². The van der Waals surface area contributed by atoms with Crippen molar-refractivity contribution in [3.63, 3.8) is 0 Å². The van der Waals surface area contributed by atoms with Gasteiger partial charge in [-0.15, -0.1) is 0 Å². The smallest absolute Gasteiger partial charge is 0.156 e. The fraction of sp³-hybridized carbons (Fsp3) is 0.933. The minimum atomic E-state index is -0.195. The number of hydrogen-bond acceptors (Lipinski definition) is 3. The molecule has 2 aliphatic rings. The Morgan fingerprint density at radius 3 is 2.44 bits per heavy atom. The summed E-state index contributed by atoms with van der Waals surface area (Å²) in [6.07, 6.45) is 6.38. The van der Waals surface area contributed by atoms with E-state index in [1.54, 1.807) is 0 Å². The van der Waals surface area contributed by atoms with Gasteiger partial charge in [-0.1, -0.05) is 19.8 Å². The first-order valence-corrected chi connectivity index (χ1v) is 7.36. The fourth-order valence-corrected chi connectivity index (χ4v) is 3.71. The van der Waals surface area contributed by atoms with E-state index in [-0.39, 0.29) is 11.5 Å². The number of rotatable bonds is 3. The van der Waals surface area contributed by atoms with Gasteiger partial charge < -0.3 is 4.74 Å². The second-order valence-electron chi connectivity index (χ2n) is 6.38. The molecule has 0 aromatic carbocycles. The first kappa shape index (κ1) is 14.0. The van der Waals surface area contributed by atoms with Crippen molar-refractivity contribution in [2.24, 2.45) is 11.8 Å². The molecular weight excluding hydrogens is 226 g/mol. The number of likely N-dealkylation sites (N-methyl/N-ethyl adjacent to an activating group) is 1. The number of Topliss-reactive ketones (excluding diaryl/α,β-unsaturated/α-hetero) is 1. The van der Waals surface area contributed by atoms with Gasteiger partial charge >= 0.3 is 0 Å².